The predicted molar refractivity (Wildman–Crippen MR) is 88.6 cm³/mol. The molecule has 0 amide bonds. The topological polar surface area (TPSA) is 38.0 Å². The smallest absolute Gasteiger partial charge is 0.106 e. The number of nitrogens with one attached hydrogen (secondary N) is 1. The van der Waals surface area contributed by atoms with Crippen LogP contribution in [0.15, 0.2) is 22.7 Å². The normalized spacial score (nSPS) is 17.0. The summed E-state index contributed by atoms with van der Waals surface area (Å²) in [4.78, 5) is 0.441. The van der Waals surface area contributed by atoms with Gasteiger partial charge in [0.1, 0.15) is 4.99 Å². The van der Waals surface area contributed by atoms with Crippen LogP contribution in [0.5, 0.6) is 0 Å². The van der Waals surface area contributed by atoms with Gasteiger partial charge in [0.15, 0.2) is 0 Å². The number of rotatable bonds is 5. The third-order valence-electron chi connectivity index (χ3n) is 3.55. The third kappa shape index (κ3) is 3.00. The summed E-state index contributed by atoms with van der Waals surface area (Å²) in [5.41, 5.74) is 7.70. The molecule has 5 heteroatoms. The molecule has 1 fully saturated rings. The number of hydrogen-bond donors (Lipinski definition) is 2. The van der Waals surface area contributed by atoms with Crippen molar-refractivity contribution in [3.8, 4) is 0 Å². The average Bonchev–Trinajstić information content (AvgIpc) is 2.28. The Morgan fingerprint density at radius 2 is 2.28 bits per heavy atom. The maximum atomic E-state index is 5.75. The molecule has 1 aliphatic carbocycles. The van der Waals surface area contributed by atoms with Gasteiger partial charge in [0.2, 0.25) is 0 Å². The van der Waals surface area contributed by atoms with Crippen molar-refractivity contribution in [2.75, 3.05) is 18.1 Å². The fraction of sp³-hybridized carbons (Fsp3) is 0.462. The summed E-state index contributed by atoms with van der Waals surface area (Å²) in [6.45, 7) is 0.972. The number of halogens is 1. The molecule has 1 aromatic carbocycles. The maximum Gasteiger partial charge on any atom is 0.106 e. The number of thiocarbonyl (C=S) groups is 1. The first kappa shape index (κ1) is 14.2. The molecule has 0 atom stereocenters. The van der Waals surface area contributed by atoms with Crippen LogP contribution < -0.4 is 11.1 Å². The average molecular weight is 345 g/mol. The molecule has 2 rings (SSSR count). The maximum absolute atomic E-state index is 5.75. The summed E-state index contributed by atoms with van der Waals surface area (Å²) >= 11 is 10.5. The first-order valence-corrected chi connectivity index (χ1v) is 8.37. The lowest BCUT2D eigenvalue weighted by Gasteiger charge is -2.40. The fourth-order valence-electron chi connectivity index (χ4n) is 2.16. The molecule has 0 heterocycles. The zero-order chi connectivity index (χ0) is 13.2. The van der Waals surface area contributed by atoms with Crippen LogP contribution in [-0.2, 0) is 0 Å². The molecular weight excluding hydrogens is 328 g/mol. The summed E-state index contributed by atoms with van der Waals surface area (Å²) < 4.78 is 1.44. The number of benzene rings is 1. The Hall–Kier alpha value is -0.260. The van der Waals surface area contributed by atoms with E-state index in [4.69, 9.17) is 18.0 Å². The molecule has 18 heavy (non-hydrogen) atoms. The third-order valence-corrected chi connectivity index (χ3v) is 5.68. The number of thioether (sulfide) groups is 1. The van der Waals surface area contributed by atoms with E-state index in [1.807, 2.05) is 30.0 Å². The molecular formula is C13H17BrN2S2. The largest absolute Gasteiger partial charge is 0.389 e. The van der Waals surface area contributed by atoms with Gasteiger partial charge in [-0.2, -0.15) is 11.8 Å². The van der Waals surface area contributed by atoms with Crippen LogP contribution in [0.2, 0.25) is 0 Å². The van der Waals surface area contributed by atoms with Gasteiger partial charge in [-0.05, 0) is 37.3 Å². The van der Waals surface area contributed by atoms with E-state index >= 15 is 0 Å². The van der Waals surface area contributed by atoms with Gasteiger partial charge < -0.3 is 11.1 Å². The molecule has 0 radical (unpaired) electrons. The number of nitrogens with two attached hydrogens (primary N) is 1. The van der Waals surface area contributed by atoms with Crippen molar-refractivity contribution < 1.29 is 0 Å². The first-order valence-electron chi connectivity index (χ1n) is 5.95. The minimum atomic E-state index is 0.399. The Morgan fingerprint density at radius 1 is 1.56 bits per heavy atom. The van der Waals surface area contributed by atoms with E-state index in [9.17, 15) is 0 Å². The van der Waals surface area contributed by atoms with Crippen molar-refractivity contribution in [2.45, 2.75) is 24.0 Å². The lowest BCUT2D eigenvalue weighted by Crippen LogP contribution is -2.40. The van der Waals surface area contributed by atoms with Crippen LogP contribution in [0.4, 0.5) is 5.69 Å². The molecule has 0 unspecified atom stereocenters. The van der Waals surface area contributed by atoms with Gasteiger partial charge in [0.05, 0.1) is 0 Å². The van der Waals surface area contributed by atoms with Gasteiger partial charge >= 0.3 is 0 Å². The molecule has 3 N–H and O–H groups in total. The zero-order valence-electron chi connectivity index (χ0n) is 10.3. The van der Waals surface area contributed by atoms with Gasteiger partial charge in [0, 0.05) is 27.0 Å². The highest BCUT2D eigenvalue weighted by molar-refractivity contribution is 9.10. The quantitative estimate of drug-likeness (QED) is 0.797. The fourth-order valence-corrected chi connectivity index (χ4v) is 3.61. The second kappa shape index (κ2) is 5.80. The highest BCUT2D eigenvalue weighted by Gasteiger charge is 2.35. The van der Waals surface area contributed by atoms with E-state index in [0.717, 1.165) is 22.3 Å². The van der Waals surface area contributed by atoms with Crippen LogP contribution in [0.3, 0.4) is 0 Å². The van der Waals surface area contributed by atoms with Crippen molar-refractivity contribution in [1.29, 1.82) is 0 Å². The van der Waals surface area contributed by atoms with E-state index in [-0.39, 0.29) is 0 Å². The van der Waals surface area contributed by atoms with E-state index in [1.54, 1.807) is 0 Å². The minimum absolute atomic E-state index is 0.399. The Bertz CT molecular complexity index is 453. The molecule has 0 aliphatic heterocycles. The molecule has 0 bridgehead atoms. The van der Waals surface area contributed by atoms with Gasteiger partial charge in [-0.3, -0.25) is 0 Å². The highest BCUT2D eigenvalue weighted by Crippen LogP contribution is 2.42. The minimum Gasteiger partial charge on any atom is -0.389 e. The first-order chi connectivity index (χ1) is 8.56. The van der Waals surface area contributed by atoms with Gasteiger partial charge in [0.25, 0.3) is 0 Å². The van der Waals surface area contributed by atoms with Crippen molar-refractivity contribution in [3.05, 3.63) is 28.2 Å². The van der Waals surface area contributed by atoms with Crippen molar-refractivity contribution >= 4 is 50.6 Å². The van der Waals surface area contributed by atoms with Crippen LogP contribution in [0.25, 0.3) is 0 Å². The highest BCUT2D eigenvalue weighted by atomic mass is 79.9. The molecule has 1 aromatic rings. The Morgan fingerprint density at radius 3 is 2.78 bits per heavy atom. The molecule has 0 saturated heterocycles. The Balaban J connectivity index is 2.12. The SMILES string of the molecule is CSC1(CNc2cc(Br)ccc2C(N)=S)CCC1. The second-order valence-corrected chi connectivity index (χ2v) is 7.28. The lowest BCUT2D eigenvalue weighted by atomic mass is 9.84. The molecule has 2 nitrogen and oxygen atoms in total. The van der Waals surface area contributed by atoms with Crippen molar-refractivity contribution in [2.24, 2.45) is 5.73 Å². The molecule has 0 aromatic heterocycles. The standard InChI is InChI=1S/C13H17BrN2S2/c1-18-13(5-2-6-13)8-16-11-7-9(14)3-4-10(11)12(15)17/h3-4,7,16H,2,5-6,8H2,1H3,(H2,15,17). The van der Waals surface area contributed by atoms with Crippen molar-refractivity contribution in [1.82, 2.24) is 0 Å². The van der Waals surface area contributed by atoms with E-state index < -0.39 is 0 Å². The summed E-state index contributed by atoms with van der Waals surface area (Å²) in [6.07, 6.45) is 6.11. The predicted octanol–water partition coefficient (Wildman–Crippen LogP) is 3.78. The summed E-state index contributed by atoms with van der Waals surface area (Å²) in [5, 5.41) is 3.51. The Kier molecular flexibility index (Phi) is 4.56. The summed E-state index contributed by atoms with van der Waals surface area (Å²) in [7, 11) is 0. The molecule has 98 valence electrons. The molecule has 1 saturated carbocycles. The van der Waals surface area contributed by atoms with Gasteiger partial charge in [-0.1, -0.05) is 34.6 Å². The van der Waals surface area contributed by atoms with Crippen LogP contribution in [0, 0.1) is 0 Å². The molecule has 0 spiro atoms. The van der Waals surface area contributed by atoms with Crippen LogP contribution in [0.1, 0.15) is 24.8 Å². The lowest BCUT2D eigenvalue weighted by molar-refractivity contribution is 0.380. The zero-order valence-corrected chi connectivity index (χ0v) is 13.6. The van der Waals surface area contributed by atoms with Gasteiger partial charge in [-0.15, -0.1) is 0 Å². The van der Waals surface area contributed by atoms with Crippen LogP contribution in [-0.4, -0.2) is 22.5 Å². The number of anilines is 1. The van der Waals surface area contributed by atoms with E-state index in [1.165, 1.54) is 19.3 Å². The van der Waals surface area contributed by atoms with Crippen molar-refractivity contribution in [3.63, 3.8) is 0 Å². The molecule has 1 aliphatic rings. The monoisotopic (exact) mass is 344 g/mol. The second-order valence-electron chi connectivity index (χ2n) is 4.65. The number of hydrogen-bond acceptors (Lipinski definition) is 3. The van der Waals surface area contributed by atoms with Crippen LogP contribution >= 0.6 is 39.9 Å². The van der Waals surface area contributed by atoms with E-state index in [2.05, 4.69) is 27.5 Å². The summed E-state index contributed by atoms with van der Waals surface area (Å²) in [6, 6.07) is 5.97. The summed E-state index contributed by atoms with van der Waals surface area (Å²) in [5.74, 6) is 0. The Labute approximate surface area is 126 Å². The van der Waals surface area contributed by atoms with E-state index in [0.29, 0.717) is 9.74 Å². The van der Waals surface area contributed by atoms with Gasteiger partial charge in [-0.25, -0.2) is 0 Å².